The Bertz CT molecular complexity index is 570. The molecule has 0 aliphatic heterocycles. The molecule has 0 amide bonds. The Hall–Kier alpha value is -1.39. The van der Waals surface area contributed by atoms with Crippen LogP contribution in [0, 0.1) is 19.8 Å². The van der Waals surface area contributed by atoms with Crippen LogP contribution in [0.2, 0.25) is 0 Å². The molecule has 22 heavy (non-hydrogen) atoms. The average Bonchev–Trinajstić information content (AvgIpc) is 2.83. The van der Waals surface area contributed by atoms with Crippen molar-refractivity contribution in [2.24, 2.45) is 11.7 Å². The van der Waals surface area contributed by atoms with Gasteiger partial charge in [-0.05, 0) is 43.9 Å². The molecule has 3 nitrogen and oxygen atoms in total. The lowest BCUT2D eigenvalue weighted by molar-refractivity contribution is 0.271. The second-order valence-corrected chi connectivity index (χ2v) is 7.41. The highest BCUT2D eigenvalue weighted by atomic mass is 32.1. The van der Waals surface area contributed by atoms with E-state index in [9.17, 15) is 0 Å². The van der Waals surface area contributed by atoms with Gasteiger partial charge in [-0.15, -0.1) is 11.3 Å². The first-order valence-corrected chi connectivity index (χ1v) is 8.67. The first kappa shape index (κ1) is 17.0. The van der Waals surface area contributed by atoms with E-state index in [0.29, 0.717) is 18.4 Å². The molecule has 0 spiro atoms. The van der Waals surface area contributed by atoms with Crippen LogP contribution in [0.3, 0.4) is 0 Å². The largest absolute Gasteiger partial charge is 0.493 e. The van der Waals surface area contributed by atoms with Gasteiger partial charge < -0.3 is 10.5 Å². The number of ether oxygens (including phenoxy) is 1. The van der Waals surface area contributed by atoms with Crippen molar-refractivity contribution in [1.82, 2.24) is 4.98 Å². The fourth-order valence-electron chi connectivity index (χ4n) is 2.21. The summed E-state index contributed by atoms with van der Waals surface area (Å²) >= 11 is 1.76. The van der Waals surface area contributed by atoms with Gasteiger partial charge in [-0.25, -0.2) is 4.98 Å². The van der Waals surface area contributed by atoms with Gasteiger partial charge in [0.2, 0.25) is 0 Å². The Morgan fingerprint density at radius 3 is 2.36 bits per heavy atom. The first-order chi connectivity index (χ1) is 10.5. The Morgan fingerprint density at radius 2 is 1.86 bits per heavy atom. The van der Waals surface area contributed by atoms with Crippen LogP contribution in [0.15, 0.2) is 24.3 Å². The summed E-state index contributed by atoms with van der Waals surface area (Å²) in [6.07, 6.45) is 0.924. The summed E-state index contributed by atoms with van der Waals surface area (Å²) in [5.41, 5.74) is 8.36. The predicted molar refractivity (Wildman–Crippen MR) is 93.9 cm³/mol. The molecule has 1 aromatic carbocycles. The van der Waals surface area contributed by atoms with E-state index in [0.717, 1.165) is 29.5 Å². The lowest BCUT2D eigenvalue weighted by Crippen LogP contribution is -2.15. The molecule has 4 heteroatoms. The van der Waals surface area contributed by atoms with Crippen LogP contribution in [0.25, 0.3) is 0 Å². The van der Waals surface area contributed by atoms with E-state index in [2.05, 4.69) is 44.8 Å². The molecule has 0 fully saturated rings. The monoisotopic (exact) mass is 318 g/mol. The molecule has 0 aliphatic rings. The zero-order valence-corrected chi connectivity index (χ0v) is 14.7. The maximum atomic E-state index is 5.96. The number of hydrogen-bond donors (Lipinski definition) is 1. The Kier molecular flexibility index (Phi) is 5.98. The summed E-state index contributed by atoms with van der Waals surface area (Å²) in [6, 6.07) is 8.35. The van der Waals surface area contributed by atoms with Crippen LogP contribution in [0.5, 0.6) is 5.75 Å². The quantitative estimate of drug-likeness (QED) is 0.837. The van der Waals surface area contributed by atoms with Gasteiger partial charge in [0.05, 0.1) is 17.3 Å². The van der Waals surface area contributed by atoms with Crippen molar-refractivity contribution in [2.75, 3.05) is 13.2 Å². The Balaban J connectivity index is 2.02. The van der Waals surface area contributed by atoms with Gasteiger partial charge in [0, 0.05) is 17.3 Å². The maximum absolute atomic E-state index is 5.96. The molecule has 2 aromatic rings. The van der Waals surface area contributed by atoms with Crippen molar-refractivity contribution in [2.45, 2.75) is 40.0 Å². The third-order valence-electron chi connectivity index (χ3n) is 3.67. The molecule has 1 unspecified atom stereocenters. The van der Waals surface area contributed by atoms with Gasteiger partial charge in [0.1, 0.15) is 5.75 Å². The molecule has 1 aromatic heterocycles. The molecule has 0 radical (unpaired) electrons. The smallest absolute Gasteiger partial charge is 0.119 e. The highest BCUT2D eigenvalue weighted by Crippen LogP contribution is 2.27. The van der Waals surface area contributed by atoms with Gasteiger partial charge in [0.15, 0.2) is 0 Å². The maximum Gasteiger partial charge on any atom is 0.119 e. The van der Waals surface area contributed by atoms with Crippen molar-refractivity contribution in [3.63, 3.8) is 0 Å². The van der Waals surface area contributed by atoms with Crippen LogP contribution in [0.1, 0.15) is 40.9 Å². The second-order valence-electron chi connectivity index (χ2n) is 6.18. The van der Waals surface area contributed by atoms with Gasteiger partial charge in [0.25, 0.3) is 0 Å². The van der Waals surface area contributed by atoms with E-state index in [1.54, 1.807) is 11.3 Å². The van der Waals surface area contributed by atoms with Crippen LogP contribution < -0.4 is 10.5 Å². The Labute approximate surface area is 137 Å². The zero-order chi connectivity index (χ0) is 16.1. The lowest BCUT2D eigenvalue weighted by atomic mass is 10.00. The first-order valence-electron chi connectivity index (χ1n) is 7.85. The van der Waals surface area contributed by atoms with Crippen molar-refractivity contribution < 1.29 is 4.74 Å². The molecular formula is C18H26N2OS. The summed E-state index contributed by atoms with van der Waals surface area (Å²) in [4.78, 5) is 5.94. The Morgan fingerprint density at radius 1 is 1.18 bits per heavy atom. The van der Waals surface area contributed by atoms with Gasteiger partial charge in [-0.1, -0.05) is 26.0 Å². The molecule has 0 aliphatic carbocycles. The summed E-state index contributed by atoms with van der Waals surface area (Å²) < 4.78 is 5.72. The van der Waals surface area contributed by atoms with E-state index in [-0.39, 0.29) is 0 Å². The van der Waals surface area contributed by atoms with E-state index < -0.39 is 0 Å². The molecule has 0 saturated carbocycles. The summed E-state index contributed by atoms with van der Waals surface area (Å²) in [6.45, 7) is 9.85. The molecule has 1 atom stereocenters. The lowest BCUT2D eigenvalue weighted by Gasteiger charge is -2.13. The number of nitrogens with zero attached hydrogens (tertiary/aromatic N) is 1. The van der Waals surface area contributed by atoms with Gasteiger partial charge >= 0.3 is 0 Å². The van der Waals surface area contributed by atoms with Crippen LogP contribution in [-0.2, 0) is 6.42 Å². The number of hydrogen-bond acceptors (Lipinski definition) is 4. The molecular weight excluding hydrogens is 292 g/mol. The van der Waals surface area contributed by atoms with E-state index >= 15 is 0 Å². The zero-order valence-electron chi connectivity index (χ0n) is 13.9. The number of thiazole rings is 1. The fourth-order valence-corrected chi connectivity index (χ4v) is 3.25. The highest BCUT2D eigenvalue weighted by Gasteiger charge is 2.16. The molecule has 0 saturated heterocycles. The minimum absolute atomic E-state index is 0.292. The van der Waals surface area contributed by atoms with E-state index in [1.165, 1.54) is 10.4 Å². The van der Waals surface area contributed by atoms with Crippen LogP contribution in [0.4, 0.5) is 0 Å². The number of aromatic nitrogens is 1. The number of nitrogens with two attached hydrogens (primary N) is 1. The van der Waals surface area contributed by atoms with Gasteiger partial charge in [-0.3, -0.25) is 0 Å². The molecule has 120 valence electrons. The predicted octanol–water partition coefficient (Wildman–Crippen LogP) is 4.08. The third-order valence-corrected chi connectivity index (χ3v) is 4.90. The number of rotatable bonds is 7. The van der Waals surface area contributed by atoms with Crippen molar-refractivity contribution >= 4 is 11.3 Å². The minimum Gasteiger partial charge on any atom is -0.493 e. The standard InChI is InChI=1S/C18H26N2OS/c1-12(2)11-21-17-7-5-15(6-8-17)9-16(10-19)18-20-13(3)14(4)22-18/h5-8,12,16H,9-11,19H2,1-4H3. The number of aryl methyl sites for hydroxylation is 2. The van der Waals surface area contributed by atoms with Crippen molar-refractivity contribution in [1.29, 1.82) is 0 Å². The topological polar surface area (TPSA) is 48.1 Å². The number of benzene rings is 1. The molecule has 0 bridgehead atoms. The van der Waals surface area contributed by atoms with Crippen molar-refractivity contribution in [3.05, 3.63) is 45.4 Å². The normalized spacial score (nSPS) is 12.6. The SMILES string of the molecule is Cc1nc(C(CN)Cc2ccc(OCC(C)C)cc2)sc1C. The summed E-state index contributed by atoms with van der Waals surface area (Å²) in [7, 11) is 0. The molecule has 2 rings (SSSR count). The van der Waals surface area contributed by atoms with Crippen LogP contribution >= 0.6 is 11.3 Å². The van der Waals surface area contributed by atoms with Crippen molar-refractivity contribution in [3.8, 4) is 5.75 Å². The second kappa shape index (κ2) is 7.75. The highest BCUT2D eigenvalue weighted by molar-refractivity contribution is 7.11. The third kappa shape index (κ3) is 4.55. The van der Waals surface area contributed by atoms with Gasteiger partial charge in [-0.2, -0.15) is 0 Å². The van der Waals surface area contributed by atoms with E-state index in [1.807, 2.05) is 12.1 Å². The van der Waals surface area contributed by atoms with Crippen LogP contribution in [-0.4, -0.2) is 18.1 Å². The molecule has 2 N–H and O–H groups in total. The molecule has 1 heterocycles. The average molecular weight is 318 g/mol. The summed E-state index contributed by atoms with van der Waals surface area (Å²) in [5, 5.41) is 1.15. The summed E-state index contributed by atoms with van der Waals surface area (Å²) in [5.74, 6) is 1.76. The fraction of sp³-hybridized carbons (Fsp3) is 0.500. The minimum atomic E-state index is 0.292. The van der Waals surface area contributed by atoms with E-state index in [4.69, 9.17) is 10.5 Å².